The number of hydrogen-bond acceptors (Lipinski definition) is 5. The minimum absolute atomic E-state index is 0.431. The topological polar surface area (TPSA) is 78.9 Å². The zero-order valence-corrected chi connectivity index (χ0v) is 9.26. The van der Waals surface area contributed by atoms with E-state index in [9.17, 15) is 0 Å². The lowest BCUT2D eigenvalue weighted by Crippen LogP contribution is -2.00. The Kier molecular flexibility index (Phi) is 3.31. The highest BCUT2D eigenvalue weighted by molar-refractivity contribution is 5.80. The first-order valence-electron chi connectivity index (χ1n) is 5.23. The van der Waals surface area contributed by atoms with Crippen molar-refractivity contribution in [1.29, 1.82) is 0 Å². The fourth-order valence-corrected chi connectivity index (χ4v) is 1.59. The number of ether oxygens (including phenoxy) is 1. The van der Waals surface area contributed by atoms with E-state index in [2.05, 4.69) is 15.0 Å². The smallest absolute Gasteiger partial charge is 0.165 e. The lowest BCUT2D eigenvalue weighted by molar-refractivity contribution is 0.191. The largest absolute Gasteiger partial charge is 0.385 e. The molecule has 2 aromatic rings. The summed E-state index contributed by atoms with van der Waals surface area (Å²) in [6.07, 6.45) is 5.27. The van der Waals surface area contributed by atoms with Crippen molar-refractivity contribution in [2.45, 2.75) is 19.4 Å². The van der Waals surface area contributed by atoms with Gasteiger partial charge in [0.15, 0.2) is 11.5 Å². The molecule has 2 aromatic heterocycles. The van der Waals surface area contributed by atoms with E-state index in [1.807, 2.05) is 4.57 Å². The number of rotatable bonds is 5. The van der Waals surface area contributed by atoms with E-state index in [0.717, 1.165) is 31.6 Å². The van der Waals surface area contributed by atoms with Gasteiger partial charge in [-0.25, -0.2) is 15.0 Å². The summed E-state index contributed by atoms with van der Waals surface area (Å²) in [5, 5.41) is 0. The van der Waals surface area contributed by atoms with Gasteiger partial charge in [-0.15, -0.1) is 0 Å². The lowest BCUT2D eigenvalue weighted by atomic mass is 10.3. The molecule has 0 fully saturated rings. The summed E-state index contributed by atoms with van der Waals surface area (Å²) in [5.41, 5.74) is 7.17. The molecule has 0 amide bonds. The van der Waals surface area contributed by atoms with Crippen LogP contribution in [0.2, 0.25) is 0 Å². The highest BCUT2D eigenvalue weighted by Gasteiger charge is 2.06. The van der Waals surface area contributed by atoms with Gasteiger partial charge in [-0.1, -0.05) is 0 Å². The second kappa shape index (κ2) is 4.89. The maximum absolute atomic E-state index is 5.70. The molecule has 6 nitrogen and oxygen atoms in total. The van der Waals surface area contributed by atoms with Crippen LogP contribution in [-0.2, 0) is 11.3 Å². The minimum atomic E-state index is 0.431. The molecule has 0 spiro atoms. The first kappa shape index (κ1) is 10.8. The molecule has 0 aliphatic heterocycles. The average Bonchev–Trinajstić information content (AvgIpc) is 2.70. The molecule has 0 saturated heterocycles. The third-order valence-electron chi connectivity index (χ3n) is 2.43. The molecular weight excluding hydrogens is 206 g/mol. The molecule has 2 rings (SSSR count). The molecular formula is C10H15N5O. The predicted octanol–water partition coefficient (Wildman–Crippen LogP) is 0.835. The number of aromatic nitrogens is 4. The summed E-state index contributed by atoms with van der Waals surface area (Å²) in [5.74, 6) is 0.431. The van der Waals surface area contributed by atoms with Crippen molar-refractivity contribution < 1.29 is 4.74 Å². The molecule has 0 atom stereocenters. The van der Waals surface area contributed by atoms with Gasteiger partial charge in [0.25, 0.3) is 0 Å². The zero-order valence-electron chi connectivity index (χ0n) is 9.26. The molecule has 2 heterocycles. The normalized spacial score (nSPS) is 11.1. The number of fused-ring (bicyclic) bond motifs is 1. The Balaban J connectivity index is 2.10. The van der Waals surface area contributed by atoms with Crippen molar-refractivity contribution in [1.82, 2.24) is 19.5 Å². The molecule has 2 N–H and O–H groups in total. The van der Waals surface area contributed by atoms with E-state index in [4.69, 9.17) is 10.5 Å². The van der Waals surface area contributed by atoms with Crippen LogP contribution in [0.1, 0.15) is 12.8 Å². The van der Waals surface area contributed by atoms with Gasteiger partial charge in [-0.3, -0.25) is 0 Å². The Morgan fingerprint density at radius 3 is 3.00 bits per heavy atom. The van der Waals surface area contributed by atoms with Crippen molar-refractivity contribution in [2.24, 2.45) is 0 Å². The van der Waals surface area contributed by atoms with Gasteiger partial charge < -0.3 is 15.0 Å². The quantitative estimate of drug-likeness (QED) is 0.757. The van der Waals surface area contributed by atoms with Gasteiger partial charge in [-0.2, -0.15) is 0 Å². The molecule has 0 aromatic carbocycles. The van der Waals surface area contributed by atoms with E-state index < -0.39 is 0 Å². The summed E-state index contributed by atoms with van der Waals surface area (Å²) < 4.78 is 6.99. The third-order valence-corrected chi connectivity index (χ3v) is 2.43. The average molecular weight is 221 g/mol. The lowest BCUT2D eigenvalue weighted by Gasteiger charge is -2.03. The van der Waals surface area contributed by atoms with Crippen LogP contribution < -0.4 is 5.73 Å². The Morgan fingerprint density at radius 1 is 1.31 bits per heavy atom. The fraction of sp³-hybridized carbons (Fsp3) is 0.500. The molecule has 16 heavy (non-hydrogen) atoms. The number of anilines is 1. The van der Waals surface area contributed by atoms with E-state index in [1.165, 1.54) is 6.33 Å². The van der Waals surface area contributed by atoms with E-state index in [0.29, 0.717) is 11.3 Å². The van der Waals surface area contributed by atoms with Crippen molar-refractivity contribution in [3.8, 4) is 0 Å². The van der Waals surface area contributed by atoms with Crippen LogP contribution in [0, 0.1) is 0 Å². The molecule has 6 heteroatoms. The first-order chi connectivity index (χ1) is 7.83. The highest BCUT2D eigenvalue weighted by Crippen LogP contribution is 2.14. The van der Waals surface area contributed by atoms with Crippen LogP contribution in [0.5, 0.6) is 0 Å². The molecule has 0 unspecified atom stereocenters. The SMILES string of the molecule is COCCCCn1cnc2c(N)ncnc21. The van der Waals surface area contributed by atoms with E-state index in [-0.39, 0.29) is 0 Å². The molecule has 0 aliphatic rings. The summed E-state index contributed by atoms with van der Waals surface area (Å²) in [4.78, 5) is 12.3. The number of unbranched alkanes of at least 4 members (excludes halogenated alkanes) is 1. The van der Waals surface area contributed by atoms with Crippen LogP contribution >= 0.6 is 0 Å². The summed E-state index contributed by atoms with van der Waals surface area (Å²) in [7, 11) is 1.71. The van der Waals surface area contributed by atoms with Crippen LogP contribution in [0.3, 0.4) is 0 Å². The third kappa shape index (κ3) is 2.11. The Bertz CT molecular complexity index is 467. The molecule has 86 valence electrons. The van der Waals surface area contributed by atoms with E-state index >= 15 is 0 Å². The van der Waals surface area contributed by atoms with Crippen molar-refractivity contribution in [3.05, 3.63) is 12.7 Å². The van der Waals surface area contributed by atoms with Crippen LogP contribution in [0.4, 0.5) is 5.82 Å². The van der Waals surface area contributed by atoms with Crippen molar-refractivity contribution in [2.75, 3.05) is 19.5 Å². The fourth-order valence-electron chi connectivity index (χ4n) is 1.59. The highest BCUT2D eigenvalue weighted by atomic mass is 16.5. The summed E-state index contributed by atoms with van der Waals surface area (Å²) >= 11 is 0. The van der Waals surface area contributed by atoms with Crippen LogP contribution in [0.25, 0.3) is 11.2 Å². The standard InChI is InChI=1S/C10H15N5O/c1-16-5-3-2-4-15-7-14-8-9(11)12-6-13-10(8)15/h6-7H,2-5H2,1H3,(H2,11,12,13). The second-order valence-corrected chi connectivity index (χ2v) is 3.57. The van der Waals surface area contributed by atoms with E-state index in [1.54, 1.807) is 13.4 Å². The zero-order chi connectivity index (χ0) is 11.4. The molecule has 0 bridgehead atoms. The maximum Gasteiger partial charge on any atom is 0.165 e. The summed E-state index contributed by atoms with van der Waals surface area (Å²) in [6.45, 7) is 1.65. The number of methoxy groups -OCH3 is 1. The number of nitrogens with zero attached hydrogens (tertiary/aromatic N) is 4. The minimum Gasteiger partial charge on any atom is -0.385 e. The molecule has 0 saturated carbocycles. The number of nitrogens with two attached hydrogens (primary N) is 1. The van der Waals surface area contributed by atoms with Crippen LogP contribution in [0.15, 0.2) is 12.7 Å². The first-order valence-corrected chi connectivity index (χ1v) is 5.23. The second-order valence-electron chi connectivity index (χ2n) is 3.57. The molecule has 0 aliphatic carbocycles. The predicted molar refractivity (Wildman–Crippen MR) is 60.8 cm³/mol. The number of nitrogen functional groups attached to an aromatic ring is 1. The Labute approximate surface area is 93.5 Å². The maximum atomic E-state index is 5.70. The monoisotopic (exact) mass is 221 g/mol. The molecule has 0 radical (unpaired) electrons. The van der Waals surface area contributed by atoms with Gasteiger partial charge in [0.2, 0.25) is 0 Å². The van der Waals surface area contributed by atoms with Gasteiger partial charge in [0.05, 0.1) is 6.33 Å². The number of hydrogen-bond donors (Lipinski definition) is 1. The van der Waals surface area contributed by atoms with Gasteiger partial charge >= 0.3 is 0 Å². The van der Waals surface area contributed by atoms with Crippen molar-refractivity contribution >= 4 is 17.0 Å². The Hall–Kier alpha value is -1.69. The van der Waals surface area contributed by atoms with Gasteiger partial charge in [-0.05, 0) is 12.8 Å². The number of aryl methyl sites for hydroxylation is 1. The number of imidazole rings is 1. The Morgan fingerprint density at radius 2 is 2.19 bits per heavy atom. The van der Waals surface area contributed by atoms with Gasteiger partial charge in [0, 0.05) is 20.3 Å². The summed E-state index contributed by atoms with van der Waals surface area (Å²) in [6, 6.07) is 0. The van der Waals surface area contributed by atoms with Crippen molar-refractivity contribution in [3.63, 3.8) is 0 Å². The van der Waals surface area contributed by atoms with Gasteiger partial charge in [0.1, 0.15) is 11.8 Å². The van der Waals surface area contributed by atoms with Crippen LogP contribution in [-0.4, -0.2) is 33.2 Å².